The molecule has 4 N–H and O–H groups in total. The number of nitrogens with two attached hydrogens (primary N) is 2. The Hall–Kier alpha value is -6.43. The summed E-state index contributed by atoms with van der Waals surface area (Å²) in [5, 5.41) is 0. The Morgan fingerprint density at radius 3 is 1.50 bits per heavy atom. The number of benzene rings is 2. The fourth-order valence-corrected chi connectivity index (χ4v) is 9.25. The lowest BCUT2D eigenvalue weighted by atomic mass is 9.75. The first-order chi connectivity index (χ1) is 38.7. The molecule has 0 atom stereocenters. The highest BCUT2D eigenvalue weighted by Gasteiger charge is 2.53. The van der Waals surface area contributed by atoms with Gasteiger partial charge in [0, 0.05) is 35.0 Å². The molecule has 84 heavy (non-hydrogen) atoms. The van der Waals surface area contributed by atoms with E-state index in [-0.39, 0.29) is 93.0 Å². The Kier molecular flexibility index (Phi) is 22.2. The van der Waals surface area contributed by atoms with Crippen molar-refractivity contribution in [2.24, 2.45) is 0 Å². The molecule has 462 valence electrons. The van der Waals surface area contributed by atoms with Crippen molar-refractivity contribution < 1.29 is 83.3 Å². The maximum atomic E-state index is 12.7. The molecule has 0 aliphatic carbocycles. The fraction of sp³-hybridized carbons (Fsp3) is 0.571. The van der Waals surface area contributed by atoms with E-state index in [1.54, 1.807) is 65.5 Å². The number of hydrogen-bond donors (Lipinski definition) is 2. The quantitative estimate of drug-likeness (QED) is 0.0226. The van der Waals surface area contributed by atoms with Crippen molar-refractivity contribution in [3.8, 4) is 22.8 Å². The number of ether oxygens (including phenoxy) is 6. The van der Waals surface area contributed by atoms with Gasteiger partial charge in [0.2, 0.25) is 11.9 Å². The standard InChI is InChI=1S/C25H31F3N4O5.C20H28BF3O5.C11H15IN4O2/c1-6-35-21(33)15-10-14(2)19(18(11-15)36-9-7-8-25(26,27)28)20-16-12-32(23(34)37-24(3,4)5)13-17(16)30-22(29)31-20;1-7-26-17(25)14-11-13(2)16(21-28-18(3,4)19(5,6)29-21)15(12-14)27-10-8-9-20(22,23)24;1-11(2,3)18-10(17)16-4-6-7(5-16)14-9(13)15-8(6)12/h10-11H,6-9,12-13H2,1-5H3,(H2,29,30,31);11-12H,7-10H2,1-6H3;4-5H2,1-3H3,(H2,13,14,15). The molecule has 7 rings (SSSR count). The van der Waals surface area contributed by atoms with Crippen molar-refractivity contribution in [1.29, 1.82) is 0 Å². The molecule has 2 aromatic heterocycles. The van der Waals surface area contributed by atoms with Gasteiger partial charge in [-0.25, -0.2) is 39.1 Å². The normalized spacial score (nSPS) is 15.2. The monoisotopic (exact) mass is 1300 g/mol. The molecule has 1 saturated heterocycles. The van der Waals surface area contributed by atoms with Gasteiger partial charge in [0.25, 0.3) is 0 Å². The number of aryl methyl sites for hydroxylation is 2. The Labute approximate surface area is 499 Å². The van der Waals surface area contributed by atoms with Gasteiger partial charge >= 0.3 is 43.6 Å². The molecule has 0 bridgehead atoms. The zero-order valence-corrected chi connectivity index (χ0v) is 51.9. The van der Waals surface area contributed by atoms with Crippen LogP contribution >= 0.6 is 22.6 Å². The molecule has 2 aromatic carbocycles. The molecular formula is C56H74BF6IN8O12. The second kappa shape index (κ2) is 27.3. The number of esters is 2. The van der Waals surface area contributed by atoms with Crippen LogP contribution in [0.4, 0.5) is 47.8 Å². The summed E-state index contributed by atoms with van der Waals surface area (Å²) in [4.78, 5) is 69.2. The molecule has 3 aliphatic rings. The fourth-order valence-electron chi connectivity index (χ4n) is 8.52. The molecule has 0 saturated carbocycles. The second-order valence-electron chi connectivity index (χ2n) is 22.9. The van der Waals surface area contributed by atoms with Crippen LogP contribution in [0.15, 0.2) is 24.3 Å². The van der Waals surface area contributed by atoms with E-state index in [4.69, 9.17) is 49.2 Å². The number of nitrogen functional groups attached to an aromatic ring is 2. The molecule has 0 radical (unpaired) electrons. The molecule has 1 fully saturated rings. The third-order valence-electron chi connectivity index (χ3n) is 13.0. The smallest absolute Gasteiger partial charge is 0.494 e. The van der Waals surface area contributed by atoms with Gasteiger partial charge < -0.3 is 49.2 Å². The van der Waals surface area contributed by atoms with Crippen molar-refractivity contribution in [3.05, 3.63) is 72.7 Å². The van der Waals surface area contributed by atoms with Crippen molar-refractivity contribution in [1.82, 2.24) is 29.7 Å². The van der Waals surface area contributed by atoms with E-state index in [0.29, 0.717) is 52.2 Å². The van der Waals surface area contributed by atoms with E-state index in [9.17, 15) is 45.5 Å². The van der Waals surface area contributed by atoms with Gasteiger partial charge in [0.1, 0.15) is 26.4 Å². The first-order valence-electron chi connectivity index (χ1n) is 27.0. The van der Waals surface area contributed by atoms with E-state index in [2.05, 4.69) is 42.5 Å². The van der Waals surface area contributed by atoms with Crippen LogP contribution in [0.3, 0.4) is 0 Å². The molecule has 2 amide bonds. The van der Waals surface area contributed by atoms with Gasteiger partial charge in [0.15, 0.2) is 0 Å². The minimum Gasteiger partial charge on any atom is -0.494 e. The Morgan fingerprint density at radius 2 is 1.05 bits per heavy atom. The number of fused-ring (bicyclic) bond motifs is 2. The Morgan fingerprint density at radius 1 is 0.631 bits per heavy atom. The zero-order chi connectivity index (χ0) is 63.1. The van der Waals surface area contributed by atoms with E-state index in [0.717, 1.165) is 15.0 Å². The molecule has 0 spiro atoms. The first-order valence-corrected chi connectivity index (χ1v) is 28.1. The van der Waals surface area contributed by atoms with Crippen LogP contribution in [-0.2, 0) is 54.4 Å². The van der Waals surface area contributed by atoms with E-state index in [1.807, 2.05) is 48.5 Å². The lowest BCUT2D eigenvalue weighted by Gasteiger charge is -2.32. The SMILES string of the molecule is CC(C)(C)OC(=O)N1Cc2nc(N)nc(I)c2C1.CCOC(=O)c1cc(C)c(-c2nc(N)nc3c2CN(C(=O)OC(C)(C)C)C3)c(OCCCC(F)(F)F)c1.CCOC(=O)c1cc(C)c(B2OC(C)(C)C(C)(C)O2)c(OCCCC(F)(F)F)c1. The predicted molar refractivity (Wildman–Crippen MR) is 307 cm³/mol. The predicted octanol–water partition coefficient (Wildman–Crippen LogP) is 11.3. The summed E-state index contributed by atoms with van der Waals surface area (Å²) < 4.78 is 121. The third-order valence-corrected chi connectivity index (χ3v) is 13.9. The van der Waals surface area contributed by atoms with Gasteiger partial charge in [-0.3, -0.25) is 9.80 Å². The summed E-state index contributed by atoms with van der Waals surface area (Å²) >= 11 is 2.10. The molecule has 5 heterocycles. The van der Waals surface area contributed by atoms with Crippen LogP contribution in [0, 0.1) is 17.5 Å². The van der Waals surface area contributed by atoms with Gasteiger partial charge in [-0.2, -0.15) is 26.3 Å². The van der Waals surface area contributed by atoms with Crippen LogP contribution in [0.2, 0.25) is 0 Å². The Bertz CT molecular complexity index is 3030. The van der Waals surface area contributed by atoms with Crippen LogP contribution < -0.4 is 26.4 Å². The summed E-state index contributed by atoms with van der Waals surface area (Å²) in [6.45, 7) is 26.4. The molecule has 3 aliphatic heterocycles. The lowest BCUT2D eigenvalue weighted by Crippen LogP contribution is -2.41. The number of nitrogens with zero attached hydrogens (tertiary/aromatic N) is 6. The van der Waals surface area contributed by atoms with Gasteiger partial charge in [0.05, 0.1) is 92.0 Å². The maximum absolute atomic E-state index is 12.7. The number of anilines is 2. The van der Waals surface area contributed by atoms with Crippen molar-refractivity contribution in [2.45, 2.75) is 184 Å². The summed E-state index contributed by atoms with van der Waals surface area (Å²) in [5.74, 6) is -0.520. The number of carbonyl (C=O) groups excluding carboxylic acids is 4. The number of carbonyl (C=O) groups is 4. The van der Waals surface area contributed by atoms with Gasteiger partial charge in [-0.05, 0) is 168 Å². The number of rotatable bonds is 14. The van der Waals surface area contributed by atoms with Crippen molar-refractivity contribution in [2.75, 3.05) is 37.9 Å². The first kappa shape index (κ1) is 68.4. The Balaban J connectivity index is 0.000000244. The van der Waals surface area contributed by atoms with E-state index >= 15 is 0 Å². The number of hydrogen-bond acceptors (Lipinski definition) is 18. The summed E-state index contributed by atoms with van der Waals surface area (Å²) in [6, 6.07) is 6.11. The summed E-state index contributed by atoms with van der Waals surface area (Å²) in [6.07, 6.45) is -11.9. The van der Waals surface area contributed by atoms with Crippen LogP contribution in [0.1, 0.15) is 163 Å². The van der Waals surface area contributed by atoms with Gasteiger partial charge in [-0.1, -0.05) is 0 Å². The second-order valence-corrected chi connectivity index (χ2v) is 23.9. The van der Waals surface area contributed by atoms with Crippen LogP contribution in [0.5, 0.6) is 11.5 Å². The average Bonchev–Trinajstić information content (AvgIpc) is 2.77. The molecule has 28 heteroatoms. The topological polar surface area (TPSA) is 252 Å². The number of aromatic nitrogens is 4. The highest BCUT2D eigenvalue weighted by atomic mass is 127. The summed E-state index contributed by atoms with van der Waals surface area (Å²) in [5.41, 5.74) is 15.1. The maximum Gasteiger partial charge on any atom is 0.498 e. The number of alkyl halides is 6. The molecule has 0 unspecified atom stereocenters. The number of amides is 2. The van der Waals surface area contributed by atoms with Crippen molar-refractivity contribution in [3.63, 3.8) is 0 Å². The number of halogens is 7. The minimum absolute atomic E-state index is 0.0447. The molecular weight excluding hydrogens is 1230 g/mol. The van der Waals surface area contributed by atoms with E-state index in [1.165, 1.54) is 17.0 Å². The molecule has 4 aromatic rings. The lowest BCUT2D eigenvalue weighted by molar-refractivity contribution is -0.137. The van der Waals surface area contributed by atoms with Crippen LogP contribution in [-0.4, -0.2) is 122 Å². The summed E-state index contributed by atoms with van der Waals surface area (Å²) in [7, 11) is -0.770. The van der Waals surface area contributed by atoms with Gasteiger partial charge in [-0.15, -0.1) is 0 Å². The zero-order valence-electron chi connectivity index (χ0n) is 49.8. The highest BCUT2D eigenvalue weighted by molar-refractivity contribution is 14.1. The van der Waals surface area contributed by atoms with Crippen LogP contribution in [0.25, 0.3) is 11.3 Å². The minimum atomic E-state index is -4.32. The molecule has 20 nitrogen and oxygen atoms in total. The highest BCUT2D eigenvalue weighted by Crippen LogP contribution is 2.41. The van der Waals surface area contributed by atoms with E-state index < -0.39 is 72.7 Å². The third kappa shape index (κ3) is 19.0. The van der Waals surface area contributed by atoms with Crippen molar-refractivity contribution >= 4 is 71.2 Å². The largest absolute Gasteiger partial charge is 0.498 e. The average molecular weight is 1300 g/mol.